The van der Waals surface area contributed by atoms with Crippen molar-refractivity contribution in [2.75, 3.05) is 0 Å². The van der Waals surface area contributed by atoms with Crippen LogP contribution in [0.2, 0.25) is 13.3 Å². The second-order valence-corrected chi connectivity index (χ2v) is 26.3. The molecule has 0 amide bonds. The zero-order valence-electron chi connectivity index (χ0n) is 24.0. The van der Waals surface area contributed by atoms with Gasteiger partial charge in [0.2, 0.25) is 0 Å². The number of hydrogen-bond acceptors (Lipinski definition) is 2. The van der Waals surface area contributed by atoms with Gasteiger partial charge < -0.3 is 0 Å². The molecule has 36 heavy (non-hydrogen) atoms. The van der Waals surface area contributed by atoms with Crippen LogP contribution in [0, 0.1) is 23.2 Å². The van der Waals surface area contributed by atoms with E-state index in [4.69, 9.17) is 0 Å². The Bertz CT molecular complexity index is 887. The van der Waals surface area contributed by atoms with E-state index in [2.05, 4.69) is 50.9 Å². The fourth-order valence-electron chi connectivity index (χ4n) is 8.82. The van der Waals surface area contributed by atoms with Crippen molar-refractivity contribution < 1.29 is 10.2 Å². The Morgan fingerprint density at radius 1 is 0.972 bits per heavy atom. The van der Waals surface area contributed by atoms with Crippen LogP contribution in [0.15, 0.2) is 28.4 Å². The molecule has 0 radical (unpaired) electrons. The Hall–Kier alpha value is -0.481. The molecule has 0 unspecified atom stereocenters. The van der Waals surface area contributed by atoms with E-state index < -0.39 is 24.0 Å². The van der Waals surface area contributed by atoms with Gasteiger partial charge in [-0.05, 0) is 0 Å². The van der Waals surface area contributed by atoms with Crippen LogP contribution in [-0.4, -0.2) is 34.2 Å². The monoisotopic (exact) mass is 602 g/mol. The predicted octanol–water partition coefficient (Wildman–Crippen LogP) is 9.17. The van der Waals surface area contributed by atoms with Crippen LogP contribution in [0.4, 0.5) is 0 Å². The van der Waals surface area contributed by atoms with E-state index in [0.29, 0.717) is 29.4 Å². The number of unbranched alkanes of at least 4 members (excludes halogenated alkanes) is 3. The van der Waals surface area contributed by atoms with Gasteiger partial charge in [0.15, 0.2) is 0 Å². The molecule has 0 heterocycles. The van der Waals surface area contributed by atoms with E-state index in [-0.39, 0.29) is 5.41 Å². The minimum absolute atomic E-state index is 0.00870. The fraction of sp³-hybridized carbons (Fsp3) is 0.758. The summed E-state index contributed by atoms with van der Waals surface area (Å²) in [6.07, 6.45) is 15.9. The third-order valence-corrected chi connectivity index (χ3v) is 25.1. The molecule has 2 fully saturated rings. The molecule has 2 N–H and O–H groups in total. The van der Waals surface area contributed by atoms with Gasteiger partial charge >= 0.3 is 227 Å². The summed E-state index contributed by atoms with van der Waals surface area (Å²) in [6.45, 7) is 11.9. The Kier molecular flexibility index (Phi) is 9.29. The topological polar surface area (TPSA) is 40.5 Å². The molecule has 3 aliphatic rings. The molecule has 1 aromatic rings. The van der Waals surface area contributed by atoms with Gasteiger partial charge in [0.25, 0.3) is 0 Å². The summed E-state index contributed by atoms with van der Waals surface area (Å²) in [5.41, 5.74) is 2.20. The Morgan fingerprint density at radius 3 is 2.22 bits per heavy atom. The average molecular weight is 602 g/mol. The van der Waals surface area contributed by atoms with Crippen molar-refractivity contribution in [1.82, 2.24) is 0 Å². The summed E-state index contributed by atoms with van der Waals surface area (Å²) in [4.78, 5) is 0. The van der Waals surface area contributed by atoms with E-state index >= 15 is 0 Å². The van der Waals surface area contributed by atoms with Crippen molar-refractivity contribution in [3.05, 3.63) is 39.5 Å². The number of phenolic OH excluding ortho intramolecular Hbond substituents is 1. The summed E-state index contributed by atoms with van der Waals surface area (Å²) in [6, 6.07) is 6.11. The first-order chi connectivity index (χ1) is 17.2. The van der Waals surface area contributed by atoms with Crippen LogP contribution in [0.5, 0.6) is 5.75 Å². The molecule has 2 saturated carbocycles. The third kappa shape index (κ3) is 5.33. The standard InChI is InChI=1S/C21H27O2.3C4H9.Sn/c1-4-21(23)10-8-18-19-13(2)11-14-12-15(22)5-6-16(14)17(19)7-9-20(18,21)3;3*1-3-4-2;/h1,4-6,12-13,17-19,22-23H,7-11H2,2-3H3;3*1,3-4H2,2H3;/t13-,17-,18+,19-,20+,21+;;;;/m1..../s1. The van der Waals surface area contributed by atoms with Gasteiger partial charge in [-0.2, -0.15) is 0 Å². The quantitative estimate of drug-likeness (QED) is 0.249. The molecule has 1 aromatic carbocycles. The molecule has 6 atom stereocenters. The summed E-state index contributed by atoms with van der Waals surface area (Å²) in [5.74, 6) is 2.85. The minimum atomic E-state index is -2.44. The zero-order chi connectivity index (χ0) is 26.0. The van der Waals surface area contributed by atoms with E-state index in [1.54, 1.807) is 0 Å². The van der Waals surface area contributed by atoms with Gasteiger partial charge in [-0.3, -0.25) is 0 Å². The van der Waals surface area contributed by atoms with Gasteiger partial charge in [0.1, 0.15) is 0 Å². The van der Waals surface area contributed by atoms with Gasteiger partial charge in [0, 0.05) is 0 Å². The first kappa shape index (κ1) is 28.5. The molecule has 3 aliphatic carbocycles. The van der Waals surface area contributed by atoms with Gasteiger partial charge in [-0.15, -0.1) is 0 Å². The molecule has 0 aromatic heterocycles. The number of aliphatic hydroxyl groups is 1. The van der Waals surface area contributed by atoms with Crippen LogP contribution in [0.3, 0.4) is 0 Å². The molecule has 202 valence electrons. The number of aromatic hydroxyl groups is 1. The SMILES string of the molecule is CCC[CH2][Sn](/[CH]=C\[C@]1(O)CC[C@H]2[C@@H]3[C@H](C)Cc4cc(O)ccc4[C@H]3CC[C@@]21C)([CH2]CCC)[CH2]CCC. The van der Waals surface area contributed by atoms with Crippen molar-refractivity contribution in [2.24, 2.45) is 23.2 Å². The van der Waals surface area contributed by atoms with Crippen molar-refractivity contribution in [3.63, 3.8) is 0 Å². The van der Waals surface area contributed by atoms with Crippen molar-refractivity contribution in [2.45, 2.75) is 130 Å². The van der Waals surface area contributed by atoms with E-state index in [1.165, 1.54) is 69.4 Å². The van der Waals surface area contributed by atoms with E-state index in [1.807, 2.05) is 12.1 Å². The summed E-state index contributed by atoms with van der Waals surface area (Å²) in [5, 5.41) is 22.5. The average Bonchev–Trinajstić information content (AvgIpc) is 3.13. The van der Waals surface area contributed by atoms with Crippen LogP contribution in [-0.2, 0) is 6.42 Å². The molecule has 4 rings (SSSR count). The van der Waals surface area contributed by atoms with Crippen molar-refractivity contribution in [1.29, 1.82) is 0 Å². The van der Waals surface area contributed by atoms with Crippen molar-refractivity contribution in [3.8, 4) is 5.75 Å². The molecule has 0 aliphatic heterocycles. The zero-order valence-corrected chi connectivity index (χ0v) is 26.8. The third-order valence-electron chi connectivity index (χ3n) is 11.1. The van der Waals surface area contributed by atoms with Crippen molar-refractivity contribution >= 4 is 18.4 Å². The van der Waals surface area contributed by atoms with E-state index in [9.17, 15) is 10.2 Å². The summed E-state index contributed by atoms with van der Waals surface area (Å²) >= 11 is -2.44. The summed E-state index contributed by atoms with van der Waals surface area (Å²) < 4.78 is 7.17. The number of rotatable bonds is 11. The first-order valence-corrected chi connectivity index (χ1v) is 23.2. The normalized spacial score (nSPS) is 33.9. The predicted molar refractivity (Wildman–Crippen MR) is 156 cm³/mol. The Labute approximate surface area is 226 Å². The first-order valence-electron chi connectivity index (χ1n) is 15.5. The number of benzene rings is 1. The second kappa shape index (κ2) is 11.7. The fourth-order valence-corrected chi connectivity index (χ4v) is 23.2. The Morgan fingerprint density at radius 2 is 1.61 bits per heavy atom. The molecular formula is C33H54O2Sn. The van der Waals surface area contributed by atoms with Gasteiger partial charge in [-0.1, -0.05) is 0 Å². The number of fused-ring (bicyclic) bond motifs is 5. The maximum atomic E-state index is 12.4. The maximum absolute atomic E-state index is 12.4. The molecule has 2 nitrogen and oxygen atoms in total. The van der Waals surface area contributed by atoms with Gasteiger partial charge in [0.05, 0.1) is 0 Å². The van der Waals surface area contributed by atoms with Crippen LogP contribution in [0.1, 0.15) is 116 Å². The number of hydrogen-bond donors (Lipinski definition) is 2. The molecule has 0 spiro atoms. The Balaban J connectivity index is 1.62. The molecule has 0 bridgehead atoms. The van der Waals surface area contributed by atoms with Crippen LogP contribution >= 0.6 is 0 Å². The molecular weight excluding hydrogens is 547 g/mol. The number of phenols is 1. The summed E-state index contributed by atoms with van der Waals surface area (Å²) in [7, 11) is 0. The molecule has 3 heteroatoms. The van der Waals surface area contributed by atoms with Crippen LogP contribution in [0.25, 0.3) is 0 Å². The van der Waals surface area contributed by atoms with Crippen LogP contribution < -0.4 is 0 Å². The van der Waals surface area contributed by atoms with E-state index in [0.717, 1.165) is 25.7 Å². The van der Waals surface area contributed by atoms with Gasteiger partial charge in [-0.25, -0.2) is 0 Å². The second-order valence-electron chi connectivity index (χ2n) is 13.3. The molecule has 0 saturated heterocycles.